The molecule has 0 amide bonds. The molecule has 42 heavy (non-hydrogen) atoms. The zero-order valence-corrected chi connectivity index (χ0v) is 21.4. The van der Waals surface area contributed by atoms with Crippen molar-refractivity contribution in [2.24, 2.45) is 0 Å². The highest BCUT2D eigenvalue weighted by molar-refractivity contribution is 7.15. The maximum absolute atomic E-state index is 15.8. The topological polar surface area (TPSA) is 30.3 Å². The van der Waals surface area contributed by atoms with Crippen LogP contribution >= 0.6 is 0 Å². The van der Waals surface area contributed by atoms with Crippen LogP contribution in [0.2, 0.25) is 0 Å². The van der Waals surface area contributed by atoms with Crippen LogP contribution in [-0.2, 0) is 0 Å². The van der Waals surface area contributed by atoms with E-state index < -0.39 is 86.9 Å². The van der Waals surface area contributed by atoms with E-state index in [0.29, 0.717) is 10.5 Å². The van der Waals surface area contributed by atoms with Crippen LogP contribution in [-0.4, -0.2) is 20.4 Å². The minimum atomic E-state index is -4.56. The lowest BCUT2D eigenvalue weighted by molar-refractivity contribution is 0.381. The molecule has 3 nitrogen and oxygen atoms in total. The molecule has 1 aliphatic rings. The Kier molecular flexibility index (Phi) is 6.87. The molecule has 0 fully saturated rings. The molecule has 5 rings (SSSR count). The lowest BCUT2D eigenvalue weighted by atomic mass is 9.23. The largest absolute Gasteiger partial charge is 0.516 e. The summed E-state index contributed by atoms with van der Waals surface area (Å²) in [6, 6.07) is 9.81. The third-order valence-corrected chi connectivity index (χ3v) is 7.55. The van der Waals surface area contributed by atoms with E-state index in [9.17, 15) is 31.6 Å². The van der Waals surface area contributed by atoms with Gasteiger partial charge >= 0.3 is 0 Å². The average Bonchev–Trinajstić information content (AvgIpc) is 3.27. The van der Waals surface area contributed by atoms with Gasteiger partial charge in [0.25, 0.3) is 0 Å². The van der Waals surface area contributed by atoms with Crippen LogP contribution < -0.4 is 26.1 Å². The van der Waals surface area contributed by atoms with E-state index in [0.717, 1.165) is 12.1 Å². The fourth-order valence-electron chi connectivity index (χ4n) is 5.80. The predicted molar refractivity (Wildman–Crippen MR) is 135 cm³/mol. The average molecular weight is 594 g/mol. The van der Waals surface area contributed by atoms with Crippen LogP contribution in [0, 0.1) is 69.5 Å². The van der Waals surface area contributed by atoms with Gasteiger partial charge in [0, 0.05) is 19.8 Å². The second kappa shape index (κ2) is 10.0. The van der Waals surface area contributed by atoms with Crippen molar-refractivity contribution in [2.45, 2.75) is 6.04 Å². The standard InChI is InChI=1S/C28H15BF10N3/c1-41(2)12-7-9-13(10-8-12)42-16(11-40)14-5-3-4-6-15(14)29(42,17-19(30)23(34)27(38)24(35)20(17)31)18-21(32)25(36)28(39)26(37)22(18)33/h3-10,16H,1-2H3/q-1. The highest BCUT2D eigenvalue weighted by Crippen LogP contribution is 2.41. The summed E-state index contributed by atoms with van der Waals surface area (Å²) in [6.07, 6.45) is -4.56. The Bertz CT molecular complexity index is 1680. The van der Waals surface area contributed by atoms with Crippen molar-refractivity contribution in [1.82, 2.24) is 0 Å². The first-order valence-corrected chi connectivity index (χ1v) is 12.1. The van der Waals surface area contributed by atoms with Crippen molar-refractivity contribution in [3.8, 4) is 6.07 Å². The summed E-state index contributed by atoms with van der Waals surface area (Å²) < 4.78 is 151. The lowest BCUT2D eigenvalue weighted by Gasteiger charge is -2.51. The van der Waals surface area contributed by atoms with E-state index in [1.54, 1.807) is 25.1 Å². The number of fused-ring (bicyclic) bond motifs is 1. The summed E-state index contributed by atoms with van der Waals surface area (Å²) in [7, 11) is 3.27. The number of benzene rings is 4. The first-order valence-electron chi connectivity index (χ1n) is 12.1. The molecule has 0 N–H and O–H groups in total. The molecule has 1 atom stereocenters. The van der Waals surface area contributed by atoms with E-state index in [-0.39, 0.29) is 11.3 Å². The summed E-state index contributed by atoms with van der Waals surface area (Å²) in [4.78, 5) is 2.25. The lowest BCUT2D eigenvalue weighted by Crippen LogP contribution is -2.78. The number of halogens is 10. The number of rotatable bonds is 4. The van der Waals surface area contributed by atoms with Gasteiger partial charge in [-0.2, -0.15) is 10.7 Å². The SMILES string of the molecule is CN(C)c1ccc(N2C(C#N)c3ccccc3[B-]2(c2c(F)c(F)c(F)c(F)c2F)c2c(F)c(F)c(F)c(F)c2F)cc1. The van der Waals surface area contributed by atoms with Crippen molar-refractivity contribution in [3.63, 3.8) is 0 Å². The smallest absolute Gasteiger partial charge is 0.200 e. The molecule has 0 aromatic heterocycles. The van der Waals surface area contributed by atoms with Crippen molar-refractivity contribution in [3.05, 3.63) is 112 Å². The van der Waals surface area contributed by atoms with E-state index >= 15 is 17.6 Å². The minimum Gasteiger partial charge on any atom is -0.516 e. The number of nitriles is 1. The van der Waals surface area contributed by atoms with Gasteiger partial charge in [-0.25, -0.2) is 43.9 Å². The molecule has 0 bridgehead atoms. The molecule has 1 aliphatic heterocycles. The van der Waals surface area contributed by atoms with E-state index in [2.05, 4.69) is 0 Å². The molecule has 0 aliphatic carbocycles. The Morgan fingerprint density at radius 1 is 0.619 bits per heavy atom. The fourth-order valence-corrected chi connectivity index (χ4v) is 5.80. The number of hydrogen-bond donors (Lipinski definition) is 0. The molecular formula is C28H15BF10N3-. The van der Waals surface area contributed by atoms with Crippen molar-refractivity contribution in [1.29, 1.82) is 5.26 Å². The molecule has 4 aromatic carbocycles. The van der Waals surface area contributed by atoms with Crippen LogP contribution in [0.4, 0.5) is 55.3 Å². The molecule has 0 radical (unpaired) electrons. The normalized spacial score (nSPS) is 15.5. The fraction of sp³-hybridized carbons (Fsp3) is 0.107. The molecular weight excluding hydrogens is 579 g/mol. The molecule has 0 saturated carbocycles. The van der Waals surface area contributed by atoms with Crippen molar-refractivity contribution >= 4 is 34.0 Å². The van der Waals surface area contributed by atoms with Crippen LogP contribution in [0.15, 0.2) is 48.5 Å². The summed E-state index contributed by atoms with van der Waals surface area (Å²) in [5.41, 5.74) is -4.38. The van der Waals surface area contributed by atoms with Crippen molar-refractivity contribution < 1.29 is 43.9 Å². The minimum absolute atomic E-state index is 0.232. The molecule has 4 aromatic rings. The number of nitrogens with zero attached hydrogens (tertiary/aromatic N) is 3. The maximum Gasteiger partial charge on any atom is 0.200 e. The third-order valence-electron chi connectivity index (χ3n) is 7.55. The second-order valence-electron chi connectivity index (χ2n) is 9.77. The molecule has 1 heterocycles. The van der Waals surface area contributed by atoms with Gasteiger partial charge < -0.3 is 9.71 Å². The van der Waals surface area contributed by atoms with Gasteiger partial charge in [0.1, 0.15) is 29.3 Å². The molecule has 1 unspecified atom stereocenters. The monoisotopic (exact) mass is 594 g/mol. The third kappa shape index (κ3) is 3.68. The van der Waals surface area contributed by atoms with E-state index in [4.69, 9.17) is 0 Å². The van der Waals surface area contributed by atoms with Gasteiger partial charge in [-0.05, 0) is 35.5 Å². The molecule has 14 heteroatoms. The summed E-state index contributed by atoms with van der Waals surface area (Å²) in [6.45, 7) is 0. The Labute approximate surface area is 231 Å². The van der Waals surface area contributed by atoms with Crippen LogP contribution in [0.1, 0.15) is 11.6 Å². The zero-order valence-electron chi connectivity index (χ0n) is 21.4. The van der Waals surface area contributed by atoms with E-state index in [1.165, 1.54) is 36.4 Å². The summed E-state index contributed by atoms with van der Waals surface area (Å²) in [5, 5.41) is 10.2. The van der Waals surface area contributed by atoms with Crippen LogP contribution in [0.5, 0.6) is 0 Å². The van der Waals surface area contributed by atoms with E-state index in [1.807, 2.05) is 0 Å². The van der Waals surface area contributed by atoms with Gasteiger partial charge in [0.05, 0.1) is 6.07 Å². The Hall–Kier alpha value is -4.67. The maximum atomic E-state index is 15.8. The molecule has 0 spiro atoms. The first-order chi connectivity index (χ1) is 19.8. The van der Waals surface area contributed by atoms with Crippen LogP contribution in [0.25, 0.3) is 0 Å². The number of hydrogen-bond acceptors (Lipinski definition) is 3. The number of anilines is 2. The first kappa shape index (κ1) is 28.8. The predicted octanol–water partition coefficient (Wildman–Crippen LogP) is 5.20. The molecule has 0 saturated heterocycles. The highest BCUT2D eigenvalue weighted by Gasteiger charge is 2.54. The summed E-state index contributed by atoms with van der Waals surface area (Å²) >= 11 is 0. The van der Waals surface area contributed by atoms with Gasteiger partial charge in [-0.1, -0.05) is 24.3 Å². The van der Waals surface area contributed by atoms with Gasteiger partial charge in [0.2, 0.25) is 0 Å². The van der Waals surface area contributed by atoms with Gasteiger partial charge in [-0.3, -0.25) is 0 Å². The van der Waals surface area contributed by atoms with Gasteiger partial charge in [0.15, 0.2) is 41.2 Å². The quantitative estimate of drug-likeness (QED) is 0.141. The highest BCUT2D eigenvalue weighted by atomic mass is 19.2. The Balaban J connectivity index is 2.11. The zero-order chi connectivity index (χ0) is 30.8. The summed E-state index contributed by atoms with van der Waals surface area (Å²) in [5.74, 6) is -25.7. The molecule has 216 valence electrons. The van der Waals surface area contributed by atoms with Crippen LogP contribution in [0.3, 0.4) is 0 Å². The van der Waals surface area contributed by atoms with Crippen molar-refractivity contribution in [2.75, 3.05) is 23.8 Å². The van der Waals surface area contributed by atoms with Gasteiger partial charge in [-0.15, -0.1) is 10.9 Å². The second-order valence-corrected chi connectivity index (χ2v) is 9.77. The Morgan fingerprint density at radius 3 is 1.43 bits per heavy atom. The Morgan fingerprint density at radius 2 is 1.02 bits per heavy atom.